The van der Waals surface area contributed by atoms with Crippen molar-refractivity contribution >= 4 is 0 Å². The first-order valence-electron chi connectivity index (χ1n) is 7.41. The molecule has 1 atom stereocenters. The zero-order chi connectivity index (χ0) is 14.7. The third-order valence-electron chi connectivity index (χ3n) is 4.00. The maximum atomic E-state index is 9.53. The van der Waals surface area contributed by atoms with Crippen LogP contribution < -0.4 is 10.1 Å². The van der Waals surface area contributed by atoms with Crippen molar-refractivity contribution in [1.29, 1.82) is 0 Å². The Morgan fingerprint density at radius 2 is 1.95 bits per heavy atom. The van der Waals surface area contributed by atoms with Gasteiger partial charge in [-0.2, -0.15) is 0 Å². The molecule has 3 nitrogen and oxygen atoms in total. The Labute approximate surface area is 125 Å². The van der Waals surface area contributed by atoms with Gasteiger partial charge >= 0.3 is 0 Å². The molecule has 1 aliphatic carbocycles. The van der Waals surface area contributed by atoms with Gasteiger partial charge in [0.1, 0.15) is 11.5 Å². The van der Waals surface area contributed by atoms with Gasteiger partial charge in [0.25, 0.3) is 0 Å². The molecule has 0 aromatic heterocycles. The number of methoxy groups -OCH3 is 1. The minimum atomic E-state index is 0.321. The minimum Gasteiger partial charge on any atom is -0.508 e. The number of benzene rings is 2. The molecule has 0 aliphatic heterocycles. The second-order valence-electron chi connectivity index (χ2n) is 5.64. The van der Waals surface area contributed by atoms with Crippen molar-refractivity contribution in [3.63, 3.8) is 0 Å². The van der Waals surface area contributed by atoms with Gasteiger partial charge < -0.3 is 15.2 Å². The largest absolute Gasteiger partial charge is 0.508 e. The molecule has 3 rings (SSSR count). The molecule has 0 bridgehead atoms. The van der Waals surface area contributed by atoms with Crippen molar-refractivity contribution in [2.75, 3.05) is 7.11 Å². The molecule has 3 heteroatoms. The van der Waals surface area contributed by atoms with Crippen LogP contribution >= 0.6 is 0 Å². The lowest BCUT2D eigenvalue weighted by molar-refractivity contribution is 0.413. The quantitative estimate of drug-likeness (QED) is 0.850. The van der Waals surface area contributed by atoms with Gasteiger partial charge in [0, 0.05) is 12.6 Å². The monoisotopic (exact) mass is 283 g/mol. The van der Waals surface area contributed by atoms with E-state index in [1.807, 2.05) is 30.3 Å². The van der Waals surface area contributed by atoms with E-state index < -0.39 is 0 Å². The normalized spacial score (nSPS) is 15.7. The van der Waals surface area contributed by atoms with Gasteiger partial charge in [-0.05, 0) is 54.2 Å². The highest BCUT2D eigenvalue weighted by Gasteiger charge is 2.31. The number of phenols is 1. The second kappa shape index (κ2) is 6.19. The maximum absolute atomic E-state index is 9.53. The summed E-state index contributed by atoms with van der Waals surface area (Å²) in [6.45, 7) is 0.765. The van der Waals surface area contributed by atoms with Gasteiger partial charge in [0.15, 0.2) is 0 Å². The molecule has 1 aliphatic rings. The smallest absolute Gasteiger partial charge is 0.118 e. The number of phenolic OH excluding ortho intramolecular Hbond substituents is 1. The molecule has 1 saturated carbocycles. The lowest BCUT2D eigenvalue weighted by Crippen LogP contribution is -2.22. The Balaban J connectivity index is 1.69. The summed E-state index contributed by atoms with van der Waals surface area (Å²) in [5.41, 5.74) is 2.41. The molecule has 2 N–H and O–H groups in total. The van der Waals surface area contributed by atoms with Crippen molar-refractivity contribution in [2.24, 2.45) is 5.92 Å². The fraction of sp³-hybridized carbons (Fsp3) is 0.333. The fourth-order valence-electron chi connectivity index (χ4n) is 2.69. The van der Waals surface area contributed by atoms with E-state index in [2.05, 4.69) is 17.4 Å². The molecular formula is C18H21NO2. The zero-order valence-electron chi connectivity index (χ0n) is 12.3. The summed E-state index contributed by atoms with van der Waals surface area (Å²) in [5.74, 6) is 1.93. The van der Waals surface area contributed by atoms with Crippen molar-refractivity contribution in [2.45, 2.75) is 25.4 Å². The van der Waals surface area contributed by atoms with Gasteiger partial charge in [-0.15, -0.1) is 0 Å². The summed E-state index contributed by atoms with van der Waals surface area (Å²) in [6, 6.07) is 16.1. The van der Waals surface area contributed by atoms with E-state index in [1.54, 1.807) is 13.2 Å². The van der Waals surface area contributed by atoms with Gasteiger partial charge in [0.05, 0.1) is 7.11 Å². The molecule has 0 heterocycles. The third-order valence-corrected chi connectivity index (χ3v) is 4.00. The minimum absolute atomic E-state index is 0.321. The van der Waals surface area contributed by atoms with Crippen LogP contribution in [0.2, 0.25) is 0 Å². The maximum Gasteiger partial charge on any atom is 0.118 e. The van der Waals surface area contributed by atoms with Crippen LogP contribution in [0.5, 0.6) is 11.5 Å². The highest BCUT2D eigenvalue weighted by molar-refractivity contribution is 5.31. The standard InChI is InChI=1S/C18H21NO2/c1-21-17-9-7-15(8-10-17)18(14-5-6-14)19-12-13-3-2-4-16(20)11-13/h2-4,7-11,14,18-20H,5-6,12H2,1H3/t18-/m0/s1. The fourth-order valence-corrected chi connectivity index (χ4v) is 2.69. The van der Waals surface area contributed by atoms with Crippen molar-refractivity contribution in [3.8, 4) is 11.5 Å². The highest BCUT2D eigenvalue weighted by Crippen LogP contribution is 2.41. The molecule has 21 heavy (non-hydrogen) atoms. The average Bonchev–Trinajstić information content (AvgIpc) is 3.33. The van der Waals surface area contributed by atoms with Crippen LogP contribution in [0.15, 0.2) is 48.5 Å². The highest BCUT2D eigenvalue weighted by atomic mass is 16.5. The first kappa shape index (κ1) is 14.0. The summed E-state index contributed by atoms with van der Waals surface area (Å²) in [6.07, 6.45) is 2.56. The second-order valence-corrected chi connectivity index (χ2v) is 5.64. The molecular weight excluding hydrogens is 262 g/mol. The Morgan fingerprint density at radius 3 is 2.57 bits per heavy atom. The Bertz CT molecular complexity index is 590. The van der Waals surface area contributed by atoms with E-state index in [0.717, 1.165) is 23.8 Å². The lowest BCUT2D eigenvalue weighted by Gasteiger charge is -2.19. The number of hydrogen-bond acceptors (Lipinski definition) is 3. The van der Waals surface area contributed by atoms with E-state index in [1.165, 1.54) is 18.4 Å². The molecule has 1 fully saturated rings. The van der Waals surface area contributed by atoms with E-state index in [4.69, 9.17) is 4.74 Å². The SMILES string of the molecule is COc1ccc([C@@H](NCc2cccc(O)c2)C2CC2)cc1. The Morgan fingerprint density at radius 1 is 1.19 bits per heavy atom. The van der Waals surface area contributed by atoms with Gasteiger partial charge in [-0.3, -0.25) is 0 Å². The van der Waals surface area contributed by atoms with Crippen molar-refractivity contribution in [3.05, 3.63) is 59.7 Å². The van der Waals surface area contributed by atoms with Crippen LogP contribution in [0.1, 0.15) is 30.0 Å². The molecule has 2 aromatic rings. The summed E-state index contributed by atoms with van der Waals surface area (Å²) in [4.78, 5) is 0. The van der Waals surface area contributed by atoms with Gasteiger partial charge in [0.2, 0.25) is 0 Å². The summed E-state index contributed by atoms with van der Waals surface area (Å²) >= 11 is 0. The Hall–Kier alpha value is -2.00. The van der Waals surface area contributed by atoms with E-state index in [0.29, 0.717) is 11.8 Å². The van der Waals surface area contributed by atoms with Crippen LogP contribution in [0.25, 0.3) is 0 Å². The summed E-state index contributed by atoms with van der Waals surface area (Å²) < 4.78 is 5.22. The Kier molecular flexibility index (Phi) is 4.11. The molecule has 0 amide bonds. The first-order valence-corrected chi connectivity index (χ1v) is 7.41. The van der Waals surface area contributed by atoms with E-state index >= 15 is 0 Å². The van der Waals surface area contributed by atoms with Crippen LogP contribution in [0, 0.1) is 5.92 Å². The zero-order valence-corrected chi connectivity index (χ0v) is 12.3. The molecule has 0 radical (unpaired) electrons. The van der Waals surface area contributed by atoms with Crippen molar-refractivity contribution in [1.82, 2.24) is 5.32 Å². The van der Waals surface area contributed by atoms with Crippen LogP contribution in [0.3, 0.4) is 0 Å². The van der Waals surface area contributed by atoms with Crippen LogP contribution in [0.4, 0.5) is 0 Å². The molecule has 2 aromatic carbocycles. The number of ether oxygens (including phenoxy) is 1. The first-order chi connectivity index (χ1) is 10.3. The van der Waals surface area contributed by atoms with Gasteiger partial charge in [-0.25, -0.2) is 0 Å². The van der Waals surface area contributed by atoms with Gasteiger partial charge in [-0.1, -0.05) is 24.3 Å². The number of rotatable bonds is 6. The molecule has 0 saturated heterocycles. The average molecular weight is 283 g/mol. The molecule has 0 unspecified atom stereocenters. The van der Waals surface area contributed by atoms with Crippen LogP contribution in [-0.2, 0) is 6.54 Å². The van der Waals surface area contributed by atoms with Crippen molar-refractivity contribution < 1.29 is 9.84 Å². The third kappa shape index (κ3) is 3.56. The topological polar surface area (TPSA) is 41.5 Å². The van der Waals surface area contributed by atoms with Crippen LogP contribution in [-0.4, -0.2) is 12.2 Å². The van der Waals surface area contributed by atoms with E-state index in [9.17, 15) is 5.11 Å². The predicted octanol–water partition coefficient (Wildman–Crippen LogP) is 3.64. The lowest BCUT2D eigenvalue weighted by atomic mass is 10.0. The summed E-state index contributed by atoms with van der Waals surface area (Å²) in [5, 5.41) is 13.2. The number of nitrogens with one attached hydrogen (secondary N) is 1. The number of aromatic hydroxyl groups is 1. The predicted molar refractivity (Wildman–Crippen MR) is 83.4 cm³/mol. The molecule has 110 valence electrons. The van der Waals surface area contributed by atoms with E-state index in [-0.39, 0.29) is 0 Å². The number of hydrogen-bond donors (Lipinski definition) is 2. The summed E-state index contributed by atoms with van der Waals surface area (Å²) in [7, 11) is 1.69. The molecule has 0 spiro atoms.